The third-order valence-electron chi connectivity index (χ3n) is 2.84. The van der Waals surface area contributed by atoms with E-state index in [0.29, 0.717) is 19.4 Å². The van der Waals surface area contributed by atoms with Gasteiger partial charge in [-0.25, -0.2) is 0 Å². The van der Waals surface area contributed by atoms with Gasteiger partial charge in [0.15, 0.2) is 0 Å². The number of ether oxygens (including phenoxy) is 1. The Balaban J connectivity index is 1.60. The van der Waals surface area contributed by atoms with Gasteiger partial charge in [0, 0.05) is 25.0 Å². The summed E-state index contributed by atoms with van der Waals surface area (Å²) in [6.07, 6.45) is 2.43. The number of carbonyl (C=O) groups is 1. The molecule has 1 aromatic rings. The van der Waals surface area contributed by atoms with Gasteiger partial charge in [-0.1, -0.05) is 18.2 Å². The number of nitrogens with zero attached hydrogens (tertiary/aromatic N) is 2. The lowest BCUT2D eigenvalue weighted by atomic mass is 10.1. The molecule has 0 amide bonds. The van der Waals surface area contributed by atoms with Gasteiger partial charge in [0.2, 0.25) is 0 Å². The van der Waals surface area contributed by atoms with Crippen LogP contribution in [0.4, 0.5) is 0 Å². The summed E-state index contributed by atoms with van der Waals surface area (Å²) in [5.41, 5.74) is 1.86. The smallest absolute Gasteiger partial charge is 0.138 e. The summed E-state index contributed by atoms with van der Waals surface area (Å²) in [5, 5.41) is 7.92. The molecule has 4 heteroatoms. The highest BCUT2D eigenvalue weighted by Gasteiger charge is 2.12. The Morgan fingerprint density at radius 3 is 2.74 bits per heavy atom. The zero-order chi connectivity index (χ0) is 13.5. The Morgan fingerprint density at radius 1 is 1.26 bits per heavy atom. The van der Waals surface area contributed by atoms with E-state index in [2.05, 4.69) is 10.2 Å². The Labute approximate surface area is 113 Å². The van der Waals surface area contributed by atoms with Crippen LogP contribution in [-0.4, -0.2) is 23.8 Å². The van der Waals surface area contributed by atoms with E-state index >= 15 is 0 Å². The summed E-state index contributed by atoms with van der Waals surface area (Å²) in [4.78, 5) is 11.7. The normalized spacial score (nSPS) is 13.9. The quantitative estimate of drug-likeness (QED) is 0.706. The molecule has 0 saturated heterocycles. The average Bonchev–Trinajstić information content (AvgIpc) is 2.81. The zero-order valence-corrected chi connectivity index (χ0v) is 11.1. The predicted molar refractivity (Wildman–Crippen MR) is 76.0 cm³/mol. The highest BCUT2D eigenvalue weighted by atomic mass is 16.5. The first-order chi connectivity index (χ1) is 9.24. The summed E-state index contributed by atoms with van der Waals surface area (Å²) in [6, 6.07) is 9.63. The summed E-state index contributed by atoms with van der Waals surface area (Å²) in [6.45, 7) is 2.49. The Hall–Kier alpha value is -1.97. The van der Waals surface area contributed by atoms with Crippen molar-refractivity contribution in [1.82, 2.24) is 0 Å². The molecule has 1 aliphatic heterocycles. The number of para-hydroxylation sites is 1. The molecule has 0 saturated carbocycles. The van der Waals surface area contributed by atoms with E-state index in [9.17, 15) is 4.79 Å². The molecule has 100 valence electrons. The molecular formula is C15H18N2O2. The van der Waals surface area contributed by atoms with E-state index in [1.165, 1.54) is 0 Å². The monoisotopic (exact) mass is 258 g/mol. The van der Waals surface area contributed by atoms with Gasteiger partial charge in [-0.15, -0.1) is 0 Å². The van der Waals surface area contributed by atoms with Crippen LogP contribution in [0.3, 0.4) is 0 Å². The van der Waals surface area contributed by atoms with Gasteiger partial charge in [-0.05, 0) is 25.5 Å². The fraction of sp³-hybridized carbons (Fsp3) is 0.400. The molecule has 0 radical (unpaired) electrons. The van der Waals surface area contributed by atoms with Gasteiger partial charge in [-0.2, -0.15) is 10.2 Å². The molecule has 0 fully saturated rings. The van der Waals surface area contributed by atoms with Crippen LogP contribution in [0.15, 0.2) is 40.5 Å². The van der Waals surface area contributed by atoms with Crippen molar-refractivity contribution in [3.05, 3.63) is 30.3 Å². The second-order valence-corrected chi connectivity index (χ2v) is 4.66. The third-order valence-corrected chi connectivity index (χ3v) is 2.84. The number of benzene rings is 1. The van der Waals surface area contributed by atoms with Gasteiger partial charge in [0.25, 0.3) is 0 Å². The van der Waals surface area contributed by atoms with Crippen molar-refractivity contribution < 1.29 is 9.53 Å². The predicted octanol–water partition coefficient (Wildman–Crippen LogP) is 3.03. The lowest BCUT2D eigenvalue weighted by molar-refractivity contribution is -0.118. The van der Waals surface area contributed by atoms with Crippen LogP contribution in [-0.2, 0) is 4.79 Å². The number of carbonyl (C=O) groups excluding carboxylic acids is 1. The van der Waals surface area contributed by atoms with Gasteiger partial charge >= 0.3 is 0 Å². The van der Waals surface area contributed by atoms with Crippen molar-refractivity contribution in [1.29, 1.82) is 0 Å². The minimum Gasteiger partial charge on any atom is -0.494 e. The fourth-order valence-corrected chi connectivity index (χ4v) is 1.91. The maximum absolute atomic E-state index is 11.7. The van der Waals surface area contributed by atoms with Crippen LogP contribution in [0.25, 0.3) is 0 Å². The Morgan fingerprint density at radius 2 is 2.05 bits per heavy atom. The number of hydrogen-bond acceptors (Lipinski definition) is 4. The summed E-state index contributed by atoms with van der Waals surface area (Å²) in [7, 11) is 0. The second-order valence-electron chi connectivity index (χ2n) is 4.66. The largest absolute Gasteiger partial charge is 0.494 e. The summed E-state index contributed by atoms with van der Waals surface area (Å²) >= 11 is 0. The molecule has 19 heavy (non-hydrogen) atoms. The lowest BCUT2D eigenvalue weighted by Gasteiger charge is -2.05. The van der Waals surface area contributed by atoms with Crippen LogP contribution >= 0.6 is 0 Å². The lowest BCUT2D eigenvalue weighted by Crippen LogP contribution is -2.09. The van der Waals surface area contributed by atoms with Crippen LogP contribution in [0, 0.1) is 0 Å². The second kappa shape index (κ2) is 6.83. The number of Topliss-reactive ketones (excluding diaryl/α,β-unsaturated/α-hetero) is 1. The molecule has 1 heterocycles. The number of hydrogen-bond donors (Lipinski definition) is 0. The highest BCUT2D eigenvalue weighted by Crippen LogP contribution is 2.10. The molecule has 0 aromatic heterocycles. The van der Waals surface area contributed by atoms with Gasteiger partial charge in [-0.3, -0.25) is 4.79 Å². The average molecular weight is 258 g/mol. The Kier molecular flexibility index (Phi) is 4.84. The van der Waals surface area contributed by atoms with Crippen LogP contribution in [0.1, 0.15) is 32.6 Å². The standard InChI is InChI=1S/C15H18N2O2/c1-12-10-13(17-16-12)11-14(18)6-5-9-19-15-7-3-2-4-8-15/h2-4,7-8H,5-6,9-11H2,1H3. The molecule has 0 atom stereocenters. The maximum Gasteiger partial charge on any atom is 0.138 e. The first-order valence-electron chi connectivity index (χ1n) is 6.52. The minimum absolute atomic E-state index is 0.209. The minimum atomic E-state index is 0.209. The van der Waals surface area contributed by atoms with E-state index in [-0.39, 0.29) is 5.78 Å². The van der Waals surface area contributed by atoms with Crippen molar-refractivity contribution in [2.75, 3.05) is 6.61 Å². The Bertz CT molecular complexity index is 492. The molecule has 1 aromatic carbocycles. The molecular weight excluding hydrogens is 240 g/mol. The molecule has 0 unspecified atom stereocenters. The van der Waals surface area contributed by atoms with Gasteiger partial charge in [0.05, 0.1) is 12.3 Å². The van der Waals surface area contributed by atoms with E-state index in [1.807, 2.05) is 37.3 Å². The fourth-order valence-electron chi connectivity index (χ4n) is 1.91. The molecule has 0 bridgehead atoms. The van der Waals surface area contributed by atoms with Crippen molar-refractivity contribution in [3.8, 4) is 5.75 Å². The molecule has 0 aliphatic carbocycles. The van der Waals surface area contributed by atoms with Crippen molar-refractivity contribution in [2.24, 2.45) is 10.2 Å². The SMILES string of the molecule is CC1=NN=C(CC(=O)CCCOc2ccccc2)C1. The summed E-state index contributed by atoms with van der Waals surface area (Å²) < 4.78 is 5.54. The van der Waals surface area contributed by atoms with Crippen molar-refractivity contribution in [3.63, 3.8) is 0 Å². The van der Waals surface area contributed by atoms with Gasteiger partial charge < -0.3 is 4.74 Å². The highest BCUT2D eigenvalue weighted by molar-refractivity contribution is 6.12. The van der Waals surface area contributed by atoms with E-state index < -0.39 is 0 Å². The van der Waals surface area contributed by atoms with Crippen LogP contribution in [0.2, 0.25) is 0 Å². The van der Waals surface area contributed by atoms with E-state index in [4.69, 9.17) is 4.74 Å². The van der Waals surface area contributed by atoms with E-state index in [0.717, 1.165) is 30.0 Å². The molecule has 0 N–H and O–H groups in total. The van der Waals surface area contributed by atoms with Gasteiger partial charge in [0.1, 0.15) is 11.5 Å². The van der Waals surface area contributed by atoms with Crippen LogP contribution < -0.4 is 4.74 Å². The molecule has 4 nitrogen and oxygen atoms in total. The number of ketones is 1. The molecule has 1 aliphatic rings. The van der Waals surface area contributed by atoms with Crippen molar-refractivity contribution in [2.45, 2.75) is 32.6 Å². The van der Waals surface area contributed by atoms with Crippen LogP contribution in [0.5, 0.6) is 5.75 Å². The summed E-state index contributed by atoms with van der Waals surface area (Å²) in [5.74, 6) is 1.06. The first kappa shape index (κ1) is 13.5. The molecule has 0 spiro atoms. The first-order valence-corrected chi connectivity index (χ1v) is 6.52. The maximum atomic E-state index is 11.7. The molecule has 2 rings (SSSR count). The topological polar surface area (TPSA) is 51.0 Å². The van der Waals surface area contributed by atoms with E-state index in [1.54, 1.807) is 0 Å². The number of rotatable bonds is 7. The van der Waals surface area contributed by atoms with Crippen molar-refractivity contribution >= 4 is 17.2 Å². The zero-order valence-electron chi connectivity index (χ0n) is 11.1. The third kappa shape index (κ3) is 4.66.